The number of hydrogen-bond acceptors (Lipinski definition) is 4. The highest BCUT2D eigenvalue weighted by Gasteiger charge is 2.17. The van der Waals surface area contributed by atoms with Crippen LogP contribution in [0.4, 0.5) is 5.69 Å². The second kappa shape index (κ2) is 6.76. The molecule has 2 aromatic rings. The number of sulfone groups is 1. The van der Waals surface area contributed by atoms with Gasteiger partial charge in [0.1, 0.15) is 6.54 Å². The van der Waals surface area contributed by atoms with Crippen molar-refractivity contribution in [1.29, 1.82) is 0 Å². The van der Waals surface area contributed by atoms with Crippen molar-refractivity contribution in [3.63, 3.8) is 0 Å². The van der Waals surface area contributed by atoms with Crippen molar-refractivity contribution in [1.82, 2.24) is 0 Å². The fourth-order valence-electron chi connectivity index (χ4n) is 2.13. The number of rotatable bonds is 6. The molecule has 0 saturated carbocycles. The minimum atomic E-state index is -3.39. The molecule has 1 aromatic carbocycles. The van der Waals surface area contributed by atoms with E-state index in [0.717, 1.165) is 16.9 Å². The molecular formula is C15H19N2O4S+. The van der Waals surface area contributed by atoms with E-state index in [1.54, 1.807) is 30.5 Å². The Kier molecular flexibility index (Phi) is 4.99. The molecule has 0 spiro atoms. The van der Waals surface area contributed by atoms with E-state index in [1.807, 2.05) is 13.1 Å². The third-order valence-electron chi connectivity index (χ3n) is 3.08. The van der Waals surface area contributed by atoms with Gasteiger partial charge in [0.25, 0.3) is 5.91 Å². The van der Waals surface area contributed by atoms with Crippen LogP contribution in [0.3, 0.4) is 0 Å². The first kappa shape index (κ1) is 16.3. The maximum atomic E-state index is 12.1. The van der Waals surface area contributed by atoms with Gasteiger partial charge in [0.15, 0.2) is 22.1 Å². The van der Waals surface area contributed by atoms with Gasteiger partial charge in [-0.25, -0.2) is 8.42 Å². The van der Waals surface area contributed by atoms with Crippen molar-refractivity contribution in [3.8, 4) is 0 Å². The first-order chi connectivity index (χ1) is 10.4. The molecule has 2 rings (SSSR count). The minimum absolute atomic E-state index is 0.118. The summed E-state index contributed by atoms with van der Waals surface area (Å²) in [5.74, 6) is 0.544. The third-order valence-corrected chi connectivity index (χ3v) is 4.23. The van der Waals surface area contributed by atoms with E-state index in [4.69, 9.17) is 4.42 Å². The molecule has 0 radical (unpaired) electrons. The first-order valence-corrected chi connectivity index (χ1v) is 8.68. The summed E-state index contributed by atoms with van der Waals surface area (Å²) in [5.41, 5.74) is 0.306. The van der Waals surface area contributed by atoms with Gasteiger partial charge >= 0.3 is 0 Å². The number of carbonyl (C=O) groups excluding carboxylic acids is 1. The van der Waals surface area contributed by atoms with Crippen LogP contribution in [0.25, 0.3) is 0 Å². The summed E-state index contributed by atoms with van der Waals surface area (Å²) in [4.78, 5) is 13.1. The molecule has 0 aliphatic rings. The lowest BCUT2D eigenvalue weighted by molar-refractivity contribution is -0.886. The molecule has 22 heavy (non-hydrogen) atoms. The largest absolute Gasteiger partial charge is 0.463 e. The summed E-state index contributed by atoms with van der Waals surface area (Å²) < 4.78 is 28.6. The predicted molar refractivity (Wildman–Crippen MR) is 82.3 cm³/mol. The highest BCUT2D eigenvalue weighted by molar-refractivity contribution is 7.90. The lowest BCUT2D eigenvalue weighted by Crippen LogP contribution is -3.08. The number of para-hydroxylation sites is 1. The van der Waals surface area contributed by atoms with Crippen molar-refractivity contribution < 1.29 is 22.5 Å². The van der Waals surface area contributed by atoms with Crippen LogP contribution in [0, 0.1) is 0 Å². The first-order valence-electron chi connectivity index (χ1n) is 6.79. The fourth-order valence-corrected chi connectivity index (χ4v) is 2.98. The Morgan fingerprint density at radius 1 is 1.23 bits per heavy atom. The number of furan rings is 1. The molecular weight excluding hydrogens is 304 g/mol. The lowest BCUT2D eigenvalue weighted by atomic mass is 10.3. The Morgan fingerprint density at radius 3 is 2.59 bits per heavy atom. The van der Waals surface area contributed by atoms with Gasteiger partial charge in [-0.05, 0) is 24.3 Å². The van der Waals surface area contributed by atoms with Gasteiger partial charge in [0.2, 0.25) is 0 Å². The van der Waals surface area contributed by atoms with Crippen LogP contribution >= 0.6 is 0 Å². The third kappa shape index (κ3) is 4.44. The average molecular weight is 323 g/mol. The minimum Gasteiger partial charge on any atom is -0.463 e. The Hall–Kier alpha value is -2.12. The van der Waals surface area contributed by atoms with Crippen LogP contribution in [-0.4, -0.2) is 34.2 Å². The average Bonchev–Trinajstić information content (AvgIpc) is 2.90. The molecule has 1 aromatic heterocycles. The molecule has 0 aliphatic carbocycles. The molecule has 6 nitrogen and oxygen atoms in total. The molecule has 2 N–H and O–H groups in total. The van der Waals surface area contributed by atoms with E-state index in [0.29, 0.717) is 12.2 Å². The highest BCUT2D eigenvalue weighted by Crippen LogP contribution is 2.20. The monoisotopic (exact) mass is 323 g/mol. The van der Waals surface area contributed by atoms with Gasteiger partial charge in [-0.3, -0.25) is 4.79 Å². The Morgan fingerprint density at radius 2 is 1.95 bits per heavy atom. The number of benzene rings is 1. The summed E-state index contributed by atoms with van der Waals surface area (Å²) in [6.07, 6.45) is 2.71. The summed E-state index contributed by atoms with van der Waals surface area (Å²) in [6, 6.07) is 10.0. The second-order valence-electron chi connectivity index (χ2n) is 5.21. The maximum absolute atomic E-state index is 12.1. The molecule has 1 unspecified atom stereocenters. The van der Waals surface area contributed by atoms with E-state index in [1.165, 1.54) is 6.07 Å². The molecule has 0 aliphatic heterocycles. The van der Waals surface area contributed by atoms with E-state index in [9.17, 15) is 13.2 Å². The van der Waals surface area contributed by atoms with Crippen LogP contribution in [0.2, 0.25) is 0 Å². The Labute approximate surface area is 129 Å². The zero-order valence-corrected chi connectivity index (χ0v) is 13.3. The predicted octanol–water partition coefficient (Wildman–Crippen LogP) is 0.337. The topological polar surface area (TPSA) is 80.8 Å². The molecule has 0 bridgehead atoms. The summed E-state index contributed by atoms with van der Waals surface area (Å²) in [7, 11) is -1.52. The van der Waals surface area contributed by atoms with Crippen molar-refractivity contribution in [2.45, 2.75) is 11.4 Å². The lowest BCUT2D eigenvalue weighted by Gasteiger charge is -2.13. The van der Waals surface area contributed by atoms with Gasteiger partial charge in [0, 0.05) is 6.26 Å². The number of likely N-dealkylation sites (N-methyl/N-ethyl adjacent to an activating group) is 1. The highest BCUT2D eigenvalue weighted by atomic mass is 32.2. The standard InChI is InChI=1S/C15H18N2O4S/c1-17(10-12-6-5-9-21-12)11-15(18)16-13-7-3-4-8-14(13)22(2,19)20/h3-9H,10-11H2,1-2H3,(H,16,18)/p+1. The summed E-state index contributed by atoms with van der Waals surface area (Å²) >= 11 is 0. The van der Waals surface area contributed by atoms with Crippen molar-refractivity contribution in [2.24, 2.45) is 0 Å². The van der Waals surface area contributed by atoms with Crippen LogP contribution in [0.5, 0.6) is 0 Å². The number of nitrogens with one attached hydrogen (secondary N) is 2. The molecule has 1 atom stereocenters. The van der Waals surface area contributed by atoms with E-state index in [-0.39, 0.29) is 17.3 Å². The van der Waals surface area contributed by atoms with Gasteiger partial charge in [0.05, 0.1) is 23.9 Å². The SMILES string of the molecule is C[NH+](CC(=O)Nc1ccccc1S(C)(=O)=O)Cc1ccco1. The van der Waals surface area contributed by atoms with Crippen molar-refractivity contribution >= 4 is 21.4 Å². The number of carbonyl (C=O) groups is 1. The molecule has 7 heteroatoms. The van der Waals surface area contributed by atoms with Crippen LogP contribution in [-0.2, 0) is 21.2 Å². The van der Waals surface area contributed by atoms with E-state index >= 15 is 0 Å². The van der Waals surface area contributed by atoms with E-state index in [2.05, 4.69) is 5.32 Å². The molecule has 0 fully saturated rings. The molecule has 1 heterocycles. The fraction of sp³-hybridized carbons (Fsp3) is 0.267. The van der Waals surface area contributed by atoms with Crippen LogP contribution in [0.1, 0.15) is 5.76 Å². The van der Waals surface area contributed by atoms with Crippen LogP contribution in [0.15, 0.2) is 52.0 Å². The van der Waals surface area contributed by atoms with Crippen LogP contribution < -0.4 is 10.2 Å². The second-order valence-corrected chi connectivity index (χ2v) is 7.19. The Bertz CT molecular complexity index is 739. The molecule has 1 amide bonds. The van der Waals surface area contributed by atoms with Gasteiger partial charge in [-0.1, -0.05) is 12.1 Å². The Balaban J connectivity index is 2.01. The smallest absolute Gasteiger partial charge is 0.279 e. The summed E-state index contributed by atoms with van der Waals surface area (Å²) in [5, 5.41) is 2.66. The maximum Gasteiger partial charge on any atom is 0.279 e. The summed E-state index contributed by atoms with van der Waals surface area (Å²) in [6.45, 7) is 0.785. The normalized spacial score (nSPS) is 12.8. The van der Waals surface area contributed by atoms with Gasteiger partial charge in [-0.2, -0.15) is 0 Å². The van der Waals surface area contributed by atoms with Gasteiger partial charge in [-0.15, -0.1) is 0 Å². The quantitative estimate of drug-likeness (QED) is 0.803. The van der Waals surface area contributed by atoms with E-state index < -0.39 is 9.84 Å². The van der Waals surface area contributed by atoms with Crippen molar-refractivity contribution in [3.05, 3.63) is 48.4 Å². The number of anilines is 1. The number of amides is 1. The number of hydrogen-bond donors (Lipinski definition) is 2. The zero-order valence-electron chi connectivity index (χ0n) is 12.5. The molecule has 118 valence electrons. The van der Waals surface area contributed by atoms with Crippen molar-refractivity contribution in [2.75, 3.05) is 25.2 Å². The number of quaternary nitrogens is 1. The van der Waals surface area contributed by atoms with Gasteiger partial charge < -0.3 is 14.6 Å². The zero-order chi connectivity index (χ0) is 16.2. The molecule has 0 saturated heterocycles.